The van der Waals surface area contributed by atoms with Crippen molar-refractivity contribution in [3.05, 3.63) is 71.8 Å². The maximum Gasteiger partial charge on any atom is 0.0214 e. The molecule has 2 heteroatoms. The molecule has 2 rings (SSSR count). The molecule has 0 bridgehead atoms. The van der Waals surface area contributed by atoms with Gasteiger partial charge in [0.2, 0.25) is 0 Å². The molecule has 0 spiro atoms. The summed E-state index contributed by atoms with van der Waals surface area (Å²) in [5.74, 6) is 2.78. The molecule has 1 nitrogen and oxygen atoms in total. The summed E-state index contributed by atoms with van der Waals surface area (Å²) in [6, 6.07) is 22.1. The third-order valence-corrected chi connectivity index (χ3v) is 4.79. The van der Waals surface area contributed by atoms with Gasteiger partial charge in [-0.1, -0.05) is 67.6 Å². The van der Waals surface area contributed by atoms with E-state index >= 15 is 0 Å². The highest BCUT2D eigenvalue weighted by atomic mass is 32.2. The first-order valence-electron chi connectivity index (χ1n) is 7.72. The van der Waals surface area contributed by atoms with E-state index in [-0.39, 0.29) is 0 Å². The normalized spacial score (nSPS) is 12.5. The first-order valence-corrected chi connectivity index (χ1v) is 8.87. The van der Waals surface area contributed by atoms with Crippen LogP contribution in [0.2, 0.25) is 0 Å². The van der Waals surface area contributed by atoms with Gasteiger partial charge in [0.25, 0.3) is 0 Å². The zero-order valence-corrected chi connectivity index (χ0v) is 13.8. The molecule has 112 valence electrons. The molecule has 1 unspecified atom stereocenters. The fraction of sp³-hybridized carbons (Fsp3) is 0.368. The molecular formula is C19H25NS. The predicted octanol–water partition coefficient (Wildman–Crippen LogP) is 4.55. The molecule has 0 aliphatic carbocycles. The monoisotopic (exact) mass is 299 g/mol. The van der Waals surface area contributed by atoms with Gasteiger partial charge in [0.1, 0.15) is 0 Å². The molecule has 0 heterocycles. The van der Waals surface area contributed by atoms with Crippen molar-refractivity contribution in [2.75, 3.05) is 18.1 Å². The van der Waals surface area contributed by atoms with Gasteiger partial charge < -0.3 is 5.32 Å². The van der Waals surface area contributed by atoms with Crippen molar-refractivity contribution >= 4 is 11.8 Å². The average Bonchev–Trinajstić information content (AvgIpc) is 2.55. The fourth-order valence-electron chi connectivity index (χ4n) is 2.47. The van der Waals surface area contributed by atoms with Crippen LogP contribution in [0, 0.1) is 0 Å². The van der Waals surface area contributed by atoms with Gasteiger partial charge in [-0.3, -0.25) is 0 Å². The Morgan fingerprint density at radius 3 is 1.90 bits per heavy atom. The van der Waals surface area contributed by atoms with Crippen LogP contribution in [0.4, 0.5) is 0 Å². The van der Waals surface area contributed by atoms with Gasteiger partial charge in [-0.05, 0) is 23.8 Å². The second-order valence-corrected chi connectivity index (χ2v) is 6.66. The van der Waals surface area contributed by atoms with Crippen LogP contribution in [0.25, 0.3) is 0 Å². The molecule has 1 atom stereocenters. The number of benzene rings is 2. The molecule has 21 heavy (non-hydrogen) atoms. The van der Waals surface area contributed by atoms with Gasteiger partial charge in [-0.25, -0.2) is 0 Å². The third-order valence-electron chi connectivity index (χ3n) is 3.65. The minimum Gasteiger partial charge on any atom is -0.312 e. The van der Waals surface area contributed by atoms with E-state index in [1.165, 1.54) is 22.6 Å². The minimum absolute atomic E-state index is 0.418. The van der Waals surface area contributed by atoms with Crippen molar-refractivity contribution in [2.24, 2.45) is 0 Å². The van der Waals surface area contributed by atoms with Crippen molar-refractivity contribution in [3.63, 3.8) is 0 Å². The number of rotatable bonds is 8. The van der Waals surface area contributed by atoms with E-state index in [0.29, 0.717) is 12.0 Å². The quantitative estimate of drug-likeness (QED) is 0.767. The van der Waals surface area contributed by atoms with E-state index < -0.39 is 0 Å². The zero-order valence-electron chi connectivity index (χ0n) is 13.0. The molecule has 0 aliphatic rings. The number of hydrogen-bond donors (Lipinski definition) is 1. The fourth-order valence-corrected chi connectivity index (χ4v) is 3.18. The average molecular weight is 299 g/mol. The highest BCUT2D eigenvalue weighted by Gasteiger charge is 2.14. The highest BCUT2D eigenvalue weighted by molar-refractivity contribution is 7.99. The summed E-state index contributed by atoms with van der Waals surface area (Å²) >= 11 is 2.00. The molecule has 2 aromatic carbocycles. The minimum atomic E-state index is 0.418. The number of nitrogens with one attached hydrogen (secondary N) is 1. The van der Waals surface area contributed by atoms with E-state index in [2.05, 4.69) is 79.8 Å². The lowest BCUT2D eigenvalue weighted by Gasteiger charge is -2.21. The van der Waals surface area contributed by atoms with Crippen molar-refractivity contribution < 1.29 is 0 Å². The summed E-state index contributed by atoms with van der Waals surface area (Å²) in [6.07, 6.45) is 0. The molecule has 0 aromatic heterocycles. The largest absolute Gasteiger partial charge is 0.312 e. The summed E-state index contributed by atoms with van der Waals surface area (Å²) in [5.41, 5.74) is 2.76. The molecule has 0 aliphatic heterocycles. The van der Waals surface area contributed by atoms with E-state index in [4.69, 9.17) is 0 Å². The van der Waals surface area contributed by atoms with Gasteiger partial charge in [-0.15, -0.1) is 0 Å². The summed E-state index contributed by atoms with van der Waals surface area (Å²) < 4.78 is 0. The SMILES string of the molecule is CCSCC(C)NCC(c1ccccc1)c1ccccc1. The van der Waals surface area contributed by atoms with Crippen molar-refractivity contribution in [2.45, 2.75) is 25.8 Å². The van der Waals surface area contributed by atoms with Crippen LogP contribution in [0.3, 0.4) is 0 Å². The van der Waals surface area contributed by atoms with Crippen molar-refractivity contribution in [3.8, 4) is 0 Å². The van der Waals surface area contributed by atoms with Gasteiger partial charge in [0.15, 0.2) is 0 Å². The highest BCUT2D eigenvalue weighted by Crippen LogP contribution is 2.23. The summed E-state index contributed by atoms with van der Waals surface area (Å²) in [5, 5.41) is 3.69. The third kappa shape index (κ3) is 5.22. The maximum absolute atomic E-state index is 3.69. The Morgan fingerprint density at radius 2 is 1.43 bits per heavy atom. The Hall–Kier alpha value is -1.25. The second-order valence-electron chi connectivity index (χ2n) is 5.34. The Labute approximate surface area is 133 Å². The van der Waals surface area contributed by atoms with Crippen LogP contribution in [-0.2, 0) is 0 Å². The van der Waals surface area contributed by atoms with Gasteiger partial charge in [-0.2, -0.15) is 11.8 Å². The lowest BCUT2D eigenvalue weighted by molar-refractivity contribution is 0.567. The van der Waals surface area contributed by atoms with Crippen LogP contribution in [0.15, 0.2) is 60.7 Å². The van der Waals surface area contributed by atoms with Crippen LogP contribution in [-0.4, -0.2) is 24.1 Å². The van der Waals surface area contributed by atoms with Gasteiger partial charge >= 0.3 is 0 Å². The zero-order chi connectivity index (χ0) is 14.9. The Kier molecular flexibility index (Phi) is 6.84. The Balaban J connectivity index is 2.07. The van der Waals surface area contributed by atoms with Crippen molar-refractivity contribution in [1.29, 1.82) is 0 Å². The molecular weight excluding hydrogens is 274 g/mol. The lowest BCUT2D eigenvalue weighted by atomic mass is 9.91. The van der Waals surface area contributed by atoms with Crippen LogP contribution >= 0.6 is 11.8 Å². The summed E-state index contributed by atoms with van der Waals surface area (Å²) in [4.78, 5) is 0. The predicted molar refractivity (Wildman–Crippen MR) is 95.2 cm³/mol. The smallest absolute Gasteiger partial charge is 0.0214 e. The molecule has 0 fully saturated rings. The molecule has 0 radical (unpaired) electrons. The lowest BCUT2D eigenvalue weighted by Crippen LogP contribution is -2.32. The van der Waals surface area contributed by atoms with E-state index in [1.807, 2.05) is 11.8 Å². The second kappa shape index (κ2) is 8.91. The number of hydrogen-bond acceptors (Lipinski definition) is 2. The van der Waals surface area contributed by atoms with E-state index in [1.54, 1.807) is 0 Å². The Morgan fingerprint density at radius 1 is 0.905 bits per heavy atom. The van der Waals surface area contributed by atoms with Crippen LogP contribution in [0.5, 0.6) is 0 Å². The summed E-state index contributed by atoms with van der Waals surface area (Å²) in [7, 11) is 0. The standard InChI is InChI=1S/C19H25NS/c1-3-21-15-16(2)20-14-19(17-10-6-4-7-11-17)18-12-8-5-9-13-18/h4-13,16,19-20H,3,14-15H2,1-2H3. The molecule has 0 amide bonds. The molecule has 0 saturated heterocycles. The van der Waals surface area contributed by atoms with Crippen molar-refractivity contribution in [1.82, 2.24) is 5.32 Å². The number of thioether (sulfide) groups is 1. The van der Waals surface area contributed by atoms with Crippen LogP contribution in [0.1, 0.15) is 30.9 Å². The van der Waals surface area contributed by atoms with Gasteiger partial charge in [0, 0.05) is 24.3 Å². The van der Waals surface area contributed by atoms with Crippen LogP contribution < -0.4 is 5.32 Å². The van der Waals surface area contributed by atoms with Gasteiger partial charge in [0.05, 0.1) is 0 Å². The van der Waals surface area contributed by atoms with E-state index in [9.17, 15) is 0 Å². The molecule has 0 saturated carbocycles. The maximum atomic E-state index is 3.69. The summed E-state index contributed by atoms with van der Waals surface area (Å²) in [6.45, 7) is 5.48. The first kappa shape index (κ1) is 16.1. The molecule has 2 aromatic rings. The Bertz CT molecular complexity index is 458. The topological polar surface area (TPSA) is 12.0 Å². The van der Waals surface area contributed by atoms with E-state index in [0.717, 1.165) is 6.54 Å². The first-order chi connectivity index (χ1) is 10.3. The molecule has 1 N–H and O–H groups in total.